The molecule has 0 bridgehead atoms. The number of aromatic nitrogens is 2. The number of imidazole rings is 1. The van der Waals surface area contributed by atoms with Crippen molar-refractivity contribution in [3.63, 3.8) is 0 Å². The molecule has 2 aromatic rings. The van der Waals surface area contributed by atoms with E-state index in [-0.39, 0.29) is 0 Å². The van der Waals surface area contributed by atoms with Crippen LogP contribution >= 0.6 is 0 Å². The number of aliphatic hydroxyl groups is 1. The van der Waals surface area contributed by atoms with Crippen molar-refractivity contribution < 1.29 is 5.11 Å². The predicted octanol–water partition coefficient (Wildman–Crippen LogP) is 1.78. The first-order chi connectivity index (χ1) is 6.33. The Morgan fingerprint density at radius 3 is 3.15 bits per heavy atom. The van der Waals surface area contributed by atoms with Crippen LogP contribution in [0, 0.1) is 0 Å². The molecule has 68 valence electrons. The highest BCUT2D eigenvalue weighted by atomic mass is 16.3. The largest absolute Gasteiger partial charge is 0.388 e. The van der Waals surface area contributed by atoms with Gasteiger partial charge in [0.1, 0.15) is 5.65 Å². The summed E-state index contributed by atoms with van der Waals surface area (Å²) in [5, 5.41) is 9.69. The molecule has 2 rings (SSSR count). The highest BCUT2D eigenvalue weighted by molar-refractivity contribution is 5.48. The molecule has 3 heteroatoms. The van der Waals surface area contributed by atoms with Crippen LogP contribution in [-0.2, 0) is 0 Å². The van der Waals surface area contributed by atoms with Crippen LogP contribution in [0.25, 0.3) is 5.65 Å². The fourth-order valence-corrected chi connectivity index (χ4v) is 1.45. The van der Waals surface area contributed by atoms with E-state index >= 15 is 0 Å². The van der Waals surface area contributed by atoms with Gasteiger partial charge in [0.15, 0.2) is 0 Å². The maximum absolute atomic E-state index is 9.69. The van der Waals surface area contributed by atoms with Crippen LogP contribution in [0.4, 0.5) is 0 Å². The average Bonchev–Trinajstić information content (AvgIpc) is 2.63. The van der Waals surface area contributed by atoms with Crippen LogP contribution in [0.2, 0.25) is 0 Å². The zero-order valence-electron chi connectivity index (χ0n) is 7.51. The standard InChI is InChI=1S/C10H12N2O/c1-2-9(13)8-4-3-6-12-7-5-11-10(8)12/h3-7,9,13H,2H2,1H3. The Balaban J connectivity index is 2.60. The first-order valence-corrected chi connectivity index (χ1v) is 4.42. The smallest absolute Gasteiger partial charge is 0.142 e. The molecule has 0 amide bonds. The molecule has 0 aliphatic carbocycles. The minimum Gasteiger partial charge on any atom is -0.388 e. The second-order valence-corrected chi connectivity index (χ2v) is 3.05. The van der Waals surface area contributed by atoms with Gasteiger partial charge in [-0.3, -0.25) is 0 Å². The minimum absolute atomic E-state index is 0.411. The lowest BCUT2D eigenvalue weighted by molar-refractivity contribution is 0.174. The maximum atomic E-state index is 9.69. The van der Waals surface area contributed by atoms with Gasteiger partial charge >= 0.3 is 0 Å². The van der Waals surface area contributed by atoms with Crippen molar-refractivity contribution in [2.24, 2.45) is 0 Å². The molecule has 0 aromatic carbocycles. The first kappa shape index (κ1) is 8.26. The molecule has 0 radical (unpaired) electrons. The molecule has 1 atom stereocenters. The number of fused-ring (bicyclic) bond motifs is 1. The fraction of sp³-hybridized carbons (Fsp3) is 0.300. The summed E-state index contributed by atoms with van der Waals surface area (Å²) in [5.41, 5.74) is 1.74. The zero-order valence-corrected chi connectivity index (χ0v) is 7.51. The molecule has 0 spiro atoms. The van der Waals surface area contributed by atoms with E-state index < -0.39 is 6.10 Å². The lowest BCUT2D eigenvalue weighted by Crippen LogP contribution is -1.98. The Kier molecular flexibility index (Phi) is 2.02. The Morgan fingerprint density at radius 2 is 2.38 bits per heavy atom. The zero-order chi connectivity index (χ0) is 9.26. The lowest BCUT2D eigenvalue weighted by atomic mass is 10.1. The summed E-state index contributed by atoms with van der Waals surface area (Å²) in [5.74, 6) is 0. The Morgan fingerprint density at radius 1 is 1.54 bits per heavy atom. The van der Waals surface area contributed by atoms with Crippen molar-refractivity contribution in [1.29, 1.82) is 0 Å². The lowest BCUT2D eigenvalue weighted by Gasteiger charge is -2.08. The molecule has 2 heterocycles. The van der Waals surface area contributed by atoms with Gasteiger partial charge < -0.3 is 9.51 Å². The van der Waals surface area contributed by atoms with Crippen molar-refractivity contribution in [2.45, 2.75) is 19.4 Å². The van der Waals surface area contributed by atoms with E-state index in [4.69, 9.17) is 0 Å². The third-order valence-corrected chi connectivity index (χ3v) is 2.20. The van der Waals surface area contributed by atoms with Crippen LogP contribution in [-0.4, -0.2) is 14.5 Å². The summed E-state index contributed by atoms with van der Waals surface area (Å²) in [6, 6.07) is 3.83. The van der Waals surface area contributed by atoms with Crippen molar-refractivity contribution in [1.82, 2.24) is 9.38 Å². The van der Waals surface area contributed by atoms with Gasteiger partial charge in [-0.05, 0) is 12.5 Å². The van der Waals surface area contributed by atoms with E-state index in [1.165, 1.54) is 0 Å². The first-order valence-electron chi connectivity index (χ1n) is 4.42. The predicted molar refractivity (Wildman–Crippen MR) is 50.4 cm³/mol. The van der Waals surface area contributed by atoms with Crippen LogP contribution in [0.15, 0.2) is 30.7 Å². The third-order valence-electron chi connectivity index (χ3n) is 2.20. The number of hydrogen-bond donors (Lipinski definition) is 1. The molecule has 2 aromatic heterocycles. The fourth-order valence-electron chi connectivity index (χ4n) is 1.45. The van der Waals surface area contributed by atoms with E-state index in [2.05, 4.69) is 4.98 Å². The van der Waals surface area contributed by atoms with Crippen LogP contribution < -0.4 is 0 Å². The van der Waals surface area contributed by atoms with Gasteiger partial charge in [0, 0.05) is 24.2 Å². The second-order valence-electron chi connectivity index (χ2n) is 3.05. The summed E-state index contributed by atoms with van der Waals surface area (Å²) in [6.45, 7) is 1.96. The van der Waals surface area contributed by atoms with Gasteiger partial charge in [-0.1, -0.05) is 13.0 Å². The summed E-state index contributed by atoms with van der Waals surface area (Å²) in [7, 11) is 0. The van der Waals surface area contributed by atoms with E-state index in [9.17, 15) is 5.11 Å². The average molecular weight is 176 g/mol. The third kappa shape index (κ3) is 1.31. The topological polar surface area (TPSA) is 37.5 Å². The second kappa shape index (κ2) is 3.18. The van der Waals surface area contributed by atoms with Gasteiger partial charge in [0.25, 0.3) is 0 Å². The maximum Gasteiger partial charge on any atom is 0.142 e. The van der Waals surface area contributed by atoms with Gasteiger partial charge in [0.2, 0.25) is 0 Å². The Hall–Kier alpha value is -1.35. The Bertz CT molecular complexity index is 408. The van der Waals surface area contributed by atoms with Crippen LogP contribution in [0.5, 0.6) is 0 Å². The molecule has 0 aliphatic rings. The summed E-state index contributed by atoms with van der Waals surface area (Å²) in [4.78, 5) is 4.19. The van der Waals surface area contributed by atoms with Crippen molar-refractivity contribution in [3.8, 4) is 0 Å². The van der Waals surface area contributed by atoms with Crippen LogP contribution in [0.3, 0.4) is 0 Å². The molecule has 0 fully saturated rings. The number of rotatable bonds is 2. The van der Waals surface area contributed by atoms with E-state index in [0.29, 0.717) is 6.42 Å². The highest BCUT2D eigenvalue weighted by Crippen LogP contribution is 2.19. The quantitative estimate of drug-likeness (QED) is 0.757. The summed E-state index contributed by atoms with van der Waals surface area (Å²) in [6.07, 6.45) is 5.84. The van der Waals surface area contributed by atoms with Crippen LogP contribution in [0.1, 0.15) is 25.0 Å². The van der Waals surface area contributed by atoms with Crippen molar-refractivity contribution in [3.05, 3.63) is 36.3 Å². The molecular weight excluding hydrogens is 164 g/mol. The van der Waals surface area contributed by atoms with Gasteiger partial charge in [-0.2, -0.15) is 0 Å². The monoisotopic (exact) mass is 176 g/mol. The van der Waals surface area contributed by atoms with E-state index in [1.807, 2.05) is 35.9 Å². The number of nitrogens with zero attached hydrogens (tertiary/aromatic N) is 2. The van der Waals surface area contributed by atoms with Crippen molar-refractivity contribution in [2.75, 3.05) is 0 Å². The Labute approximate surface area is 76.7 Å². The van der Waals surface area contributed by atoms with Gasteiger partial charge in [0.05, 0.1) is 6.10 Å². The van der Waals surface area contributed by atoms with Crippen molar-refractivity contribution >= 4 is 5.65 Å². The summed E-state index contributed by atoms with van der Waals surface area (Å²) >= 11 is 0. The molecule has 3 nitrogen and oxygen atoms in total. The molecule has 1 N–H and O–H groups in total. The molecule has 13 heavy (non-hydrogen) atoms. The molecule has 0 aliphatic heterocycles. The SMILES string of the molecule is CCC(O)c1cccn2ccnc12. The number of pyridine rings is 1. The normalized spacial score (nSPS) is 13.4. The molecule has 0 saturated heterocycles. The van der Waals surface area contributed by atoms with Gasteiger partial charge in [-0.25, -0.2) is 4.98 Å². The molecule has 1 unspecified atom stereocenters. The minimum atomic E-state index is -0.411. The van der Waals surface area contributed by atoms with Gasteiger partial charge in [-0.15, -0.1) is 0 Å². The summed E-state index contributed by atoms with van der Waals surface area (Å²) < 4.78 is 1.91. The molecule has 0 saturated carbocycles. The van der Waals surface area contributed by atoms with E-state index in [0.717, 1.165) is 11.2 Å². The number of hydrogen-bond acceptors (Lipinski definition) is 2. The molecular formula is C10H12N2O. The number of aliphatic hydroxyl groups excluding tert-OH is 1. The highest BCUT2D eigenvalue weighted by Gasteiger charge is 2.09. The van der Waals surface area contributed by atoms with E-state index in [1.54, 1.807) is 6.20 Å².